The van der Waals surface area contributed by atoms with Crippen molar-refractivity contribution < 1.29 is 13.9 Å². The fraction of sp³-hybridized carbons (Fsp3) is 0.188. The molecule has 20 heavy (non-hydrogen) atoms. The minimum absolute atomic E-state index is 0.280. The maximum Gasteiger partial charge on any atom is 0.265 e. The molecule has 3 nitrogen and oxygen atoms in total. The number of aryl methyl sites for hydroxylation is 1. The van der Waals surface area contributed by atoms with Crippen LogP contribution in [0.25, 0.3) is 0 Å². The van der Waals surface area contributed by atoms with Gasteiger partial charge in [-0.25, -0.2) is 4.39 Å². The van der Waals surface area contributed by atoms with E-state index in [1.54, 1.807) is 13.0 Å². The van der Waals surface area contributed by atoms with Crippen molar-refractivity contribution in [3.8, 4) is 5.75 Å². The number of benzene rings is 2. The van der Waals surface area contributed by atoms with Gasteiger partial charge in [0.2, 0.25) is 0 Å². The Labute approximate surface area is 117 Å². The summed E-state index contributed by atoms with van der Waals surface area (Å²) >= 11 is 0. The molecule has 0 fully saturated rings. The number of hydrogen-bond acceptors (Lipinski definition) is 2. The number of nitrogens with one attached hydrogen (secondary N) is 1. The van der Waals surface area contributed by atoms with Crippen LogP contribution in [0.5, 0.6) is 5.75 Å². The molecule has 0 aromatic heterocycles. The molecule has 0 saturated heterocycles. The lowest BCUT2D eigenvalue weighted by Crippen LogP contribution is -2.30. The standard InChI is InChI=1S/C16H16FNO2/c1-11-6-8-14(9-7-11)18-16(19)12(2)20-15-5-3-4-13(17)10-15/h3-10,12H,1-2H3,(H,18,19). The predicted molar refractivity (Wildman–Crippen MR) is 76.3 cm³/mol. The van der Waals surface area contributed by atoms with Gasteiger partial charge < -0.3 is 10.1 Å². The number of anilines is 1. The molecule has 2 aromatic rings. The fourth-order valence-corrected chi connectivity index (χ4v) is 1.68. The maximum absolute atomic E-state index is 13.0. The van der Waals surface area contributed by atoms with E-state index in [0.29, 0.717) is 11.4 Å². The third kappa shape index (κ3) is 3.82. The Morgan fingerprint density at radius 3 is 2.55 bits per heavy atom. The molecule has 1 N–H and O–H groups in total. The van der Waals surface area contributed by atoms with Gasteiger partial charge in [0.15, 0.2) is 6.10 Å². The zero-order valence-electron chi connectivity index (χ0n) is 11.4. The molecule has 0 aliphatic carbocycles. The molecule has 2 aromatic carbocycles. The van der Waals surface area contributed by atoms with E-state index in [9.17, 15) is 9.18 Å². The minimum Gasteiger partial charge on any atom is -0.481 e. The predicted octanol–water partition coefficient (Wildman–Crippen LogP) is 3.54. The summed E-state index contributed by atoms with van der Waals surface area (Å²) in [6.45, 7) is 3.59. The smallest absolute Gasteiger partial charge is 0.265 e. The molecular weight excluding hydrogens is 257 g/mol. The van der Waals surface area contributed by atoms with E-state index in [2.05, 4.69) is 5.32 Å². The second-order valence-electron chi connectivity index (χ2n) is 4.57. The topological polar surface area (TPSA) is 38.3 Å². The first kappa shape index (κ1) is 14.1. The van der Waals surface area contributed by atoms with Crippen LogP contribution in [0.1, 0.15) is 12.5 Å². The molecule has 2 rings (SSSR count). The van der Waals surface area contributed by atoms with Crippen LogP contribution in [0.4, 0.5) is 10.1 Å². The number of carbonyl (C=O) groups is 1. The molecule has 1 amide bonds. The lowest BCUT2D eigenvalue weighted by Gasteiger charge is -2.14. The number of carbonyl (C=O) groups excluding carboxylic acids is 1. The summed E-state index contributed by atoms with van der Waals surface area (Å²) in [5, 5.41) is 2.75. The molecule has 0 heterocycles. The zero-order valence-corrected chi connectivity index (χ0v) is 11.4. The summed E-state index contributed by atoms with van der Waals surface area (Å²) in [6.07, 6.45) is -0.710. The highest BCUT2D eigenvalue weighted by molar-refractivity contribution is 5.94. The van der Waals surface area contributed by atoms with Gasteiger partial charge in [-0.2, -0.15) is 0 Å². The molecule has 4 heteroatoms. The minimum atomic E-state index is -0.710. The summed E-state index contributed by atoms with van der Waals surface area (Å²) in [4.78, 5) is 12.0. The van der Waals surface area contributed by atoms with Gasteiger partial charge in [0.1, 0.15) is 11.6 Å². The Morgan fingerprint density at radius 2 is 1.90 bits per heavy atom. The highest BCUT2D eigenvalue weighted by Crippen LogP contribution is 2.15. The van der Waals surface area contributed by atoms with Gasteiger partial charge >= 0.3 is 0 Å². The van der Waals surface area contributed by atoms with E-state index in [4.69, 9.17) is 4.74 Å². The first-order chi connectivity index (χ1) is 9.54. The van der Waals surface area contributed by atoms with Gasteiger partial charge in [-0.15, -0.1) is 0 Å². The summed E-state index contributed by atoms with van der Waals surface area (Å²) < 4.78 is 18.4. The molecule has 0 aliphatic heterocycles. The fourth-order valence-electron chi connectivity index (χ4n) is 1.68. The first-order valence-electron chi connectivity index (χ1n) is 6.34. The van der Waals surface area contributed by atoms with Gasteiger partial charge in [-0.1, -0.05) is 23.8 Å². The van der Waals surface area contributed by atoms with Gasteiger partial charge in [0.25, 0.3) is 5.91 Å². The number of hydrogen-bond donors (Lipinski definition) is 1. The van der Waals surface area contributed by atoms with Crippen molar-refractivity contribution in [2.24, 2.45) is 0 Å². The average molecular weight is 273 g/mol. The molecule has 1 unspecified atom stereocenters. The van der Waals surface area contributed by atoms with Crippen LogP contribution >= 0.6 is 0 Å². The van der Waals surface area contributed by atoms with E-state index in [1.165, 1.54) is 18.2 Å². The average Bonchev–Trinajstić information content (AvgIpc) is 2.41. The van der Waals surface area contributed by atoms with Crippen molar-refractivity contribution >= 4 is 11.6 Å². The van der Waals surface area contributed by atoms with Crippen molar-refractivity contribution in [2.45, 2.75) is 20.0 Å². The van der Waals surface area contributed by atoms with E-state index in [1.807, 2.05) is 31.2 Å². The van der Waals surface area contributed by atoms with Crippen molar-refractivity contribution in [1.82, 2.24) is 0 Å². The Bertz CT molecular complexity index is 596. The molecule has 0 saturated carbocycles. The Hall–Kier alpha value is -2.36. The van der Waals surface area contributed by atoms with Gasteiger partial charge in [-0.3, -0.25) is 4.79 Å². The van der Waals surface area contributed by atoms with Gasteiger partial charge in [-0.05, 0) is 38.1 Å². The lowest BCUT2D eigenvalue weighted by atomic mass is 10.2. The van der Waals surface area contributed by atoms with Crippen molar-refractivity contribution in [1.29, 1.82) is 0 Å². The summed E-state index contributed by atoms with van der Waals surface area (Å²) in [5.41, 5.74) is 1.82. The van der Waals surface area contributed by atoms with Crippen LogP contribution in [0.3, 0.4) is 0 Å². The first-order valence-corrected chi connectivity index (χ1v) is 6.34. The number of rotatable bonds is 4. The van der Waals surface area contributed by atoms with Crippen LogP contribution in [0.15, 0.2) is 48.5 Å². The maximum atomic E-state index is 13.0. The largest absolute Gasteiger partial charge is 0.481 e. The second kappa shape index (κ2) is 6.19. The molecule has 1 atom stereocenters. The number of amides is 1. The third-order valence-electron chi connectivity index (χ3n) is 2.80. The van der Waals surface area contributed by atoms with Gasteiger partial charge in [0.05, 0.1) is 0 Å². The second-order valence-corrected chi connectivity index (χ2v) is 4.57. The van der Waals surface area contributed by atoms with Crippen LogP contribution in [0, 0.1) is 12.7 Å². The van der Waals surface area contributed by atoms with E-state index in [0.717, 1.165) is 5.56 Å². The number of ether oxygens (including phenoxy) is 1. The monoisotopic (exact) mass is 273 g/mol. The van der Waals surface area contributed by atoms with Gasteiger partial charge in [0, 0.05) is 11.8 Å². The van der Waals surface area contributed by atoms with Crippen LogP contribution in [-0.2, 0) is 4.79 Å². The Balaban J connectivity index is 1.96. The van der Waals surface area contributed by atoms with Crippen molar-refractivity contribution in [2.75, 3.05) is 5.32 Å². The molecule has 0 spiro atoms. The molecule has 0 bridgehead atoms. The normalized spacial score (nSPS) is 11.8. The zero-order chi connectivity index (χ0) is 14.5. The Morgan fingerprint density at radius 1 is 1.20 bits per heavy atom. The molecular formula is C16H16FNO2. The van der Waals surface area contributed by atoms with E-state index >= 15 is 0 Å². The van der Waals surface area contributed by atoms with Crippen LogP contribution in [-0.4, -0.2) is 12.0 Å². The lowest BCUT2D eigenvalue weighted by molar-refractivity contribution is -0.122. The molecule has 0 aliphatic rings. The Kier molecular flexibility index (Phi) is 4.35. The van der Waals surface area contributed by atoms with Crippen molar-refractivity contribution in [3.05, 3.63) is 59.9 Å². The highest BCUT2D eigenvalue weighted by atomic mass is 19.1. The summed E-state index contributed by atoms with van der Waals surface area (Å²) in [5.74, 6) is -0.344. The van der Waals surface area contributed by atoms with Crippen molar-refractivity contribution in [3.63, 3.8) is 0 Å². The highest BCUT2D eigenvalue weighted by Gasteiger charge is 2.15. The summed E-state index contributed by atoms with van der Waals surface area (Å²) in [7, 11) is 0. The number of halogens is 1. The SMILES string of the molecule is Cc1ccc(NC(=O)C(C)Oc2cccc(F)c2)cc1. The van der Waals surface area contributed by atoms with E-state index in [-0.39, 0.29) is 5.91 Å². The third-order valence-corrected chi connectivity index (χ3v) is 2.80. The van der Waals surface area contributed by atoms with E-state index < -0.39 is 11.9 Å². The van der Waals surface area contributed by atoms with Crippen LogP contribution < -0.4 is 10.1 Å². The quantitative estimate of drug-likeness (QED) is 0.925. The molecule has 0 radical (unpaired) electrons. The van der Waals surface area contributed by atoms with Crippen LogP contribution in [0.2, 0.25) is 0 Å². The summed E-state index contributed by atoms with van der Waals surface area (Å²) in [6, 6.07) is 13.2. The molecule has 104 valence electrons.